The first kappa shape index (κ1) is 21.3. The molecule has 8 nitrogen and oxygen atoms in total. The molecule has 0 radical (unpaired) electrons. The predicted molar refractivity (Wildman–Crippen MR) is 124 cm³/mol. The van der Waals surface area contributed by atoms with Gasteiger partial charge in [0.15, 0.2) is 16.1 Å². The van der Waals surface area contributed by atoms with E-state index in [1.54, 1.807) is 31.6 Å². The van der Waals surface area contributed by atoms with Gasteiger partial charge in [0, 0.05) is 24.1 Å². The van der Waals surface area contributed by atoms with Crippen molar-refractivity contribution in [2.24, 2.45) is 7.05 Å². The summed E-state index contributed by atoms with van der Waals surface area (Å²) in [7, 11) is 5.10. The van der Waals surface area contributed by atoms with Crippen molar-refractivity contribution in [2.75, 3.05) is 25.3 Å². The highest BCUT2D eigenvalue weighted by Crippen LogP contribution is 2.35. The number of hydrogen-bond acceptors (Lipinski definition) is 9. The molecule has 0 aliphatic heterocycles. The summed E-state index contributed by atoms with van der Waals surface area (Å²) in [6.45, 7) is 0. The fraction of sp³-hybridized carbons (Fsp3) is 0.200. The number of anilines is 1. The van der Waals surface area contributed by atoms with E-state index in [-0.39, 0.29) is 11.7 Å². The number of carbonyl (C=O) groups is 1. The van der Waals surface area contributed by atoms with Gasteiger partial charge in [0.25, 0.3) is 0 Å². The van der Waals surface area contributed by atoms with Gasteiger partial charge >= 0.3 is 0 Å². The van der Waals surface area contributed by atoms with Crippen LogP contribution in [0.5, 0.6) is 11.5 Å². The zero-order valence-electron chi connectivity index (χ0n) is 17.0. The van der Waals surface area contributed by atoms with Crippen LogP contribution in [0.15, 0.2) is 46.2 Å². The predicted octanol–water partition coefficient (Wildman–Crippen LogP) is 4.42. The number of thioether (sulfide) groups is 1. The average Bonchev–Trinajstić information content (AvgIpc) is 3.53. The summed E-state index contributed by atoms with van der Waals surface area (Å²) in [5.41, 5.74) is 1.55. The third kappa shape index (κ3) is 4.73. The number of ether oxygens (including phenoxy) is 2. The number of nitrogens with zero attached hydrogens (tertiary/aromatic N) is 4. The minimum absolute atomic E-state index is 0.159. The van der Waals surface area contributed by atoms with Crippen LogP contribution in [0.4, 0.5) is 5.13 Å². The van der Waals surface area contributed by atoms with Crippen LogP contribution in [0.25, 0.3) is 22.0 Å². The third-order valence-electron chi connectivity index (χ3n) is 4.34. The first-order valence-electron chi connectivity index (χ1n) is 9.13. The normalized spacial score (nSPS) is 10.8. The molecule has 160 valence electrons. The van der Waals surface area contributed by atoms with Crippen molar-refractivity contribution >= 4 is 45.5 Å². The van der Waals surface area contributed by atoms with E-state index in [0.717, 1.165) is 22.0 Å². The summed E-state index contributed by atoms with van der Waals surface area (Å²) in [4.78, 5) is 18.0. The summed E-state index contributed by atoms with van der Waals surface area (Å²) in [6.07, 6.45) is 0. The molecule has 1 N–H and O–H groups in total. The van der Waals surface area contributed by atoms with Gasteiger partial charge in [-0.05, 0) is 23.6 Å². The van der Waals surface area contributed by atoms with Crippen molar-refractivity contribution in [3.63, 3.8) is 0 Å². The molecular weight excluding hydrogens is 454 g/mol. The topological polar surface area (TPSA) is 91.2 Å². The van der Waals surface area contributed by atoms with Crippen molar-refractivity contribution in [1.82, 2.24) is 19.7 Å². The minimum atomic E-state index is -0.159. The smallest absolute Gasteiger partial charge is 0.236 e. The first-order valence-corrected chi connectivity index (χ1v) is 11.9. The Balaban J connectivity index is 1.39. The van der Waals surface area contributed by atoms with Crippen LogP contribution in [-0.2, 0) is 11.8 Å². The molecule has 0 saturated carbocycles. The molecule has 4 aromatic rings. The fourth-order valence-electron chi connectivity index (χ4n) is 2.81. The molecule has 1 amide bonds. The molecule has 4 rings (SSSR count). The van der Waals surface area contributed by atoms with Gasteiger partial charge in [-0.1, -0.05) is 17.8 Å². The van der Waals surface area contributed by atoms with E-state index in [1.807, 2.05) is 46.6 Å². The number of rotatable bonds is 8. The van der Waals surface area contributed by atoms with E-state index >= 15 is 0 Å². The van der Waals surface area contributed by atoms with Gasteiger partial charge < -0.3 is 19.4 Å². The zero-order valence-corrected chi connectivity index (χ0v) is 19.4. The van der Waals surface area contributed by atoms with Gasteiger partial charge in [0.2, 0.25) is 5.91 Å². The lowest BCUT2D eigenvalue weighted by Gasteiger charge is -2.08. The van der Waals surface area contributed by atoms with Gasteiger partial charge in [-0.3, -0.25) is 4.79 Å². The Labute approximate surface area is 191 Å². The lowest BCUT2D eigenvalue weighted by molar-refractivity contribution is -0.113. The molecule has 0 atom stereocenters. The molecule has 3 heterocycles. The number of thiophene rings is 1. The summed E-state index contributed by atoms with van der Waals surface area (Å²) >= 11 is 4.29. The van der Waals surface area contributed by atoms with E-state index < -0.39 is 0 Å². The lowest BCUT2D eigenvalue weighted by Crippen LogP contribution is -2.14. The molecule has 0 fully saturated rings. The summed E-state index contributed by atoms with van der Waals surface area (Å²) < 4.78 is 12.6. The van der Waals surface area contributed by atoms with Crippen LogP contribution in [0.2, 0.25) is 0 Å². The van der Waals surface area contributed by atoms with E-state index in [4.69, 9.17) is 9.47 Å². The van der Waals surface area contributed by atoms with Crippen molar-refractivity contribution in [3.05, 3.63) is 41.1 Å². The SMILES string of the molecule is COc1ccc(-c2csc(NC(=O)CSc3nnc(-c4cccs4)n3C)n2)c(OC)c1. The first-order chi connectivity index (χ1) is 15.1. The number of hydrogen-bond donors (Lipinski definition) is 1. The van der Waals surface area contributed by atoms with Gasteiger partial charge in [-0.15, -0.1) is 32.9 Å². The molecule has 1 aromatic carbocycles. The van der Waals surface area contributed by atoms with Crippen LogP contribution in [0, 0.1) is 0 Å². The Bertz CT molecular complexity index is 1190. The van der Waals surface area contributed by atoms with E-state index in [1.165, 1.54) is 23.1 Å². The molecule has 3 aromatic heterocycles. The zero-order chi connectivity index (χ0) is 21.8. The molecule has 0 bridgehead atoms. The molecule has 31 heavy (non-hydrogen) atoms. The second-order valence-electron chi connectivity index (χ2n) is 6.28. The lowest BCUT2D eigenvalue weighted by atomic mass is 10.1. The molecule has 11 heteroatoms. The molecule has 0 spiro atoms. The monoisotopic (exact) mass is 473 g/mol. The van der Waals surface area contributed by atoms with E-state index in [9.17, 15) is 4.79 Å². The Morgan fingerprint density at radius 3 is 2.81 bits per heavy atom. The number of thiazole rings is 1. The summed E-state index contributed by atoms with van der Waals surface area (Å²) in [5, 5.41) is 16.3. The number of methoxy groups -OCH3 is 2. The summed E-state index contributed by atoms with van der Waals surface area (Å²) in [5.74, 6) is 2.19. The molecule has 0 unspecified atom stereocenters. The van der Waals surface area contributed by atoms with Crippen molar-refractivity contribution in [1.29, 1.82) is 0 Å². The Morgan fingerprint density at radius 2 is 2.06 bits per heavy atom. The van der Waals surface area contributed by atoms with Crippen LogP contribution in [-0.4, -0.2) is 45.6 Å². The second-order valence-corrected chi connectivity index (χ2v) is 9.03. The number of amides is 1. The maximum Gasteiger partial charge on any atom is 0.236 e. The van der Waals surface area contributed by atoms with E-state index in [0.29, 0.717) is 21.8 Å². The molecular formula is C20H19N5O3S3. The van der Waals surface area contributed by atoms with E-state index in [2.05, 4.69) is 20.5 Å². The fourth-order valence-corrected chi connectivity index (χ4v) is 4.99. The molecule has 0 aliphatic carbocycles. The third-order valence-corrected chi connectivity index (χ3v) is 6.99. The number of benzene rings is 1. The van der Waals surface area contributed by atoms with Gasteiger partial charge in [-0.2, -0.15) is 0 Å². The van der Waals surface area contributed by atoms with Crippen LogP contribution in [0.3, 0.4) is 0 Å². The average molecular weight is 474 g/mol. The Hall–Kier alpha value is -2.89. The second kappa shape index (κ2) is 9.50. The Morgan fingerprint density at radius 1 is 1.19 bits per heavy atom. The van der Waals surface area contributed by atoms with Crippen molar-refractivity contribution in [3.8, 4) is 33.5 Å². The molecule has 0 saturated heterocycles. The molecule has 0 aliphatic rings. The maximum atomic E-state index is 12.4. The van der Waals surface area contributed by atoms with Gasteiger partial charge in [0.1, 0.15) is 11.5 Å². The van der Waals surface area contributed by atoms with Crippen LogP contribution >= 0.6 is 34.4 Å². The van der Waals surface area contributed by atoms with Crippen LogP contribution in [0.1, 0.15) is 0 Å². The number of aromatic nitrogens is 4. The summed E-state index contributed by atoms with van der Waals surface area (Å²) in [6, 6.07) is 9.49. The highest BCUT2D eigenvalue weighted by Gasteiger charge is 2.15. The quantitative estimate of drug-likeness (QED) is 0.379. The Kier molecular flexibility index (Phi) is 6.54. The standard InChI is InChI=1S/C20H19N5O3S3/c1-25-18(16-5-4-8-29-16)23-24-20(25)31-11-17(26)22-19-21-14(10-30-19)13-7-6-12(27-2)9-15(13)28-3/h4-10H,11H2,1-3H3,(H,21,22,26). The number of nitrogens with one attached hydrogen (secondary N) is 1. The minimum Gasteiger partial charge on any atom is -0.497 e. The van der Waals surface area contributed by atoms with Crippen molar-refractivity contribution in [2.45, 2.75) is 5.16 Å². The van der Waals surface area contributed by atoms with Gasteiger partial charge in [0.05, 0.1) is 30.5 Å². The van der Waals surface area contributed by atoms with Crippen molar-refractivity contribution < 1.29 is 14.3 Å². The number of carbonyl (C=O) groups excluding carboxylic acids is 1. The highest BCUT2D eigenvalue weighted by atomic mass is 32.2. The maximum absolute atomic E-state index is 12.4. The van der Waals surface area contributed by atoms with Crippen LogP contribution < -0.4 is 14.8 Å². The van der Waals surface area contributed by atoms with Gasteiger partial charge in [-0.25, -0.2) is 4.98 Å². The largest absolute Gasteiger partial charge is 0.497 e. The highest BCUT2D eigenvalue weighted by molar-refractivity contribution is 7.99.